The van der Waals surface area contributed by atoms with Gasteiger partial charge in [0.1, 0.15) is 5.67 Å². The number of rotatable bonds is 4. The highest BCUT2D eigenvalue weighted by molar-refractivity contribution is 5.87. The van der Waals surface area contributed by atoms with E-state index < -0.39 is 11.6 Å². The first-order valence-electron chi connectivity index (χ1n) is 7.86. The minimum absolute atomic E-state index is 0.295. The van der Waals surface area contributed by atoms with Gasteiger partial charge in [0.05, 0.1) is 5.56 Å². The van der Waals surface area contributed by atoms with Crippen molar-refractivity contribution in [2.24, 2.45) is 0 Å². The van der Waals surface area contributed by atoms with Gasteiger partial charge in [-0.1, -0.05) is 42.5 Å². The zero-order chi connectivity index (χ0) is 16.3. The van der Waals surface area contributed by atoms with Gasteiger partial charge >= 0.3 is 5.97 Å². The largest absolute Gasteiger partial charge is 0.478 e. The number of benzene rings is 2. The molecule has 2 aromatic carbocycles. The molecule has 0 saturated carbocycles. The maximum absolute atomic E-state index is 15.1. The van der Waals surface area contributed by atoms with Crippen LogP contribution in [0.2, 0.25) is 0 Å². The molecule has 0 amide bonds. The molecule has 0 aliphatic carbocycles. The van der Waals surface area contributed by atoms with Gasteiger partial charge in [-0.15, -0.1) is 0 Å². The molecule has 23 heavy (non-hydrogen) atoms. The molecule has 1 aliphatic rings. The van der Waals surface area contributed by atoms with Gasteiger partial charge in [0, 0.05) is 19.6 Å². The van der Waals surface area contributed by atoms with Gasteiger partial charge in [-0.2, -0.15) is 0 Å². The summed E-state index contributed by atoms with van der Waals surface area (Å²) < 4.78 is 15.1. The fourth-order valence-corrected chi connectivity index (χ4v) is 3.15. The summed E-state index contributed by atoms with van der Waals surface area (Å²) in [5.74, 6) is -0.919. The Morgan fingerprint density at radius 3 is 2.43 bits per heavy atom. The standard InChI is InChI=1S/C19H20FNO2/c20-19(17-7-2-1-3-8-17)9-11-21(12-10-19)14-15-5-4-6-16(13-15)18(22)23/h1-8,13H,9-12,14H2,(H,22,23). The molecule has 1 aliphatic heterocycles. The second-order valence-electron chi connectivity index (χ2n) is 6.11. The molecule has 4 heteroatoms. The molecular weight excluding hydrogens is 293 g/mol. The van der Waals surface area contributed by atoms with Crippen LogP contribution in [0.25, 0.3) is 0 Å². The number of halogens is 1. The van der Waals surface area contributed by atoms with Crippen LogP contribution in [0, 0.1) is 0 Å². The van der Waals surface area contributed by atoms with E-state index in [9.17, 15) is 4.79 Å². The number of carbonyl (C=O) groups is 1. The lowest BCUT2D eigenvalue weighted by molar-refractivity contribution is 0.0526. The molecule has 0 spiro atoms. The van der Waals surface area contributed by atoms with E-state index in [4.69, 9.17) is 5.11 Å². The topological polar surface area (TPSA) is 40.5 Å². The van der Waals surface area contributed by atoms with Crippen molar-refractivity contribution < 1.29 is 14.3 Å². The van der Waals surface area contributed by atoms with Gasteiger partial charge in [-0.3, -0.25) is 4.90 Å². The Kier molecular flexibility index (Phi) is 4.44. The van der Waals surface area contributed by atoms with Gasteiger partial charge < -0.3 is 5.11 Å². The second-order valence-corrected chi connectivity index (χ2v) is 6.11. The van der Waals surface area contributed by atoms with E-state index in [2.05, 4.69) is 4.90 Å². The van der Waals surface area contributed by atoms with Crippen molar-refractivity contribution in [3.05, 3.63) is 71.3 Å². The molecule has 0 radical (unpaired) electrons. The third-order valence-corrected chi connectivity index (χ3v) is 4.52. The van der Waals surface area contributed by atoms with Gasteiger partial charge in [-0.05, 0) is 36.1 Å². The fourth-order valence-electron chi connectivity index (χ4n) is 3.15. The minimum Gasteiger partial charge on any atom is -0.478 e. The third-order valence-electron chi connectivity index (χ3n) is 4.52. The molecule has 1 saturated heterocycles. The van der Waals surface area contributed by atoms with Crippen molar-refractivity contribution in [3.63, 3.8) is 0 Å². The number of hydrogen-bond donors (Lipinski definition) is 1. The highest BCUT2D eigenvalue weighted by Gasteiger charge is 2.35. The lowest BCUT2D eigenvalue weighted by atomic mass is 9.86. The number of carboxylic acid groups (broad SMARTS) is 1. The molecule has 0 atom stereocenters. The summed E-state index contributed by atoms with van der Waals surface area (Å²) in [5, 5.41) is 9.05. The number of nitrogens with zero attached hydrogens (tertiary/aromatic N) is 1. The normalized spacial score (nSPS) is 17.8. The Labute approximate surface area is 135 Å². The van der Waals surface area contributed by atoms with Crippen LogP contribution < -0.4 is 0 Å². The number of hydrogen-bond acceptors (Lipinski definition) is 2. The van der Waals surface area contributed by atoms with E-state index in [0.717, 1.165) is 11.1 Å². The molecule has 2 aromatic rings. The first-order valence-corrected chi connectivity index (χ1v) is 7.86. The first-order chi connectivity index (χ1) is 11.1. The third kappa shape index (κ3) is 3.59. The summed E-state index contributed by atoms with van der Waals surface area (Å²) >= 11 is 0. The molecule has 1 N–H and O–H groups in total. The summed E-state index contributed by atoms with van der Waals surface area (Å²) in [6.45, 7) is 2.00. The van der Waals surface area contributed by atoms with Crippen molar-refractivity contribution in [1.29, 1.82) is 0 Å². The van der Waals surface area contributed by atoms with Gasteiger partial charge in [-0.25, -0.2) is 9.18 Å². The number of aromatic carboxylic acids is 1. The first kappa shape index (κ1) is 15.7. The Hall–Kier alpha value is -2.20. The van der Waals surface area contributed by atoms with Crippen LogP contribution in [0.1, 0.15) is 34.3 Å². The molecule has 120 valence electrons. The Balaban J connectivity index is 1.63. The number of carboxylic acids is 1. The second kappa shape index (κ2) is 6.50. The average molecular weight is 313 g/mol. The fraction of sp³-hybridized carbons (Fsp3) is 0.316. The van der Waals surface area contributed by atoms with Crippen LogP contribution in [0.5, 0.6) is 0 Å². The van der Waals surface area contributed by atoms with Crippen molar-refractivity contribution in [3.8, 4) is 0 Å². The quantitative estimate of drug-likeness (QED) is 0.932. The summed E-state index contributed by atoms with van der Waals surface area (Å²) in [6.07, 6.45) is 0.936. The molecule has 3 nitrogen and oxygen atoms in total. The lowest BCUT2D eigenvalue weighted by Crippen LogP contribution is -2.39. The van der Waals surface area contributed by atoms with Crippen LogP contribution >= 0.6 is 0 Å². The van der Waals surface area contributed by atoms with Crippen LogP contribution in [0.3, 0.4) is 0 Å². The zero-order valence-corrected chi connectivity index (χ0v) is 12.9. The maximum atomic E-state index is 15.1. The summed E-state index contributed by atoms with van der Waals surface area (Å²) in [6, 6.07) is 16.3. The number of alkyl halides is 1. The summed E-state index contributed by atoms with van der Waals surface area (Å²) in [4.78, 5) is 13.2. The van der Waals surface area contributed by atoms with Crippen LogP contribution in [0.4, 0.5) is 4.39 Å². The highest BCUT2D eigenvalue weighted by atomic mass is 19.1. The van der Waals surface area contributed by atoms with E-state index in [1.165, 1.54) is 0 Å². The Morgan fingerprint density at radius 2 is 1.78 bits per heavy atom. The highest BCUT2D eigenvalue weighted by Crippen LogP contribution is 2.37. The predicted octanol–water partition coefficient (Wildman–Crippen LogP) is 3.85. The molecule has 0 aromatic heterocycles. The molecule has 1 fully saturated rings. The van der Waals surface area contributed by atoms with E-state index in [1.807, 2.05) is 36.4 Å². The van der Waals surface area contributed by atoms with E-state index >= 15 is 4.39 Å². The van der Waals surface area contributed by atoms with E-state index in [-0.39, 0.29) is 0 Å². The SMILES string of the molecule is O=C(O)c1cccc(CN2CCC(F)(c3ccccc3)CC2)c1. The average Bonchev–Trinajstić information content (AvgIpc) is 2.58. The lowest BCUT2D eigenvalue weighted by Gasteiger charge is -2.36. The van der Waals surface area contributed by atoms with Crippen molar-refractivity contribution in [2.45, 2.75) is 25.1 Å². The van der Waals surface area contributed by atoms with Gasteiger partial charge in [0.2, 0.25) is 0 Å². The molecule has 3 rings (SSSR count). The number of piperidine rings is 1. The smallest absolute Gasteiger partial charge is 0.335 e. The monoisotopic (exact) mass is 313 g/mol. The van der Waals surface area contributed by atoms with Crippen LogP contribution in [-0.4, -0.2) is 29.1 Å². The molecular formula is C19H20FNO2. The zero-order valence-electron chi connectivity index (χ0n) is 12.9. The van der Waals surface area contributed by atoms with Gasteiger partial charge in [0.25, 0.3) is 0 Å². The Morgan fingerprint density at radius 1 is 1.09 bits per heavy atom. The van der Waals surface area contributed by atoms with Crippen molar-refractivity contribution in [1.82, 2.24) is 4.90 Å². The minimum atomic E-state index is -1.25. The van der Waals surface area contributed by atoms with E-state index in [1.54, 1.807) is 18.2 Å². The Bertz CT molecular complexity index is 679. The molecule has 0 bridgehead atoms. The predicted molar refractivity (Wildman–Crippen MR) is 87.1 cm³/mol. The molecule has 0 unspecified atom stereocenters. The van der Waals surface area contributed by atoms with E-state index in [0.29, 0.717) is 38.0 Å². The van der Waals surface area contributed by atoms with Crippen LogP contribution in [-0.2, 0) is 12.2 Å². The number of likely N-dealkylation sites (tertiary alicyclic amines) is 1. The molecule has 1 heterocycles. The summed E-state index contributed by atoms with van der Waals surface area (Å²) in [5.41, 5.74) is 0.757. The van der Waals surface area contributed by atoms with Crippen molar-refractivity contribution >= 4 is 5.97 Å². The van der Waals surface area contributed by atoms with Crippen molar-refractivity contribution in [2.75, 3.05) is 13.1 Å². The van der Waals surface area contributed by atoms with Gasteiger partial charge in [0.15, 0.2) is 0 Å². The summed E-state index contributed by atoms with van der Waals surface area (Å²) in [7, 11) is 0. The van der Waals surface area contributed by atoms with Crippen LogP contribution in [0.15, 0.2) is 54.6 Å². The maximum Gasteiger partial charge on any atom is 0.335 e.